The van der Waals surface area contributed by atoms with Crippen molar-refractivity contribution in [3.05, 3.63) is 71.2 Å². The van der Waals surface area contributed by atoms with E-state index >= 15 is 0 Å². The molecule has 3 aromatic rings. The molecule has 0 spiro atoms. The van der Waals surface area contributed by atoms with Gasteiger partial charge in [-0.2, -0.15) is 5.10 Å². The molecule has 142 valence electrons. The van der Waals surface area contributed by atoms with Crippen molar-refractivity contribution < 1.29 is 14.3 Å². The molecule has 28 heavy (non-hydrogen) atoms. The summed E-state index contributed by atoms with van der Waals surface area (Å²) in [5, 5.41) is 8.77. The first kappa shape index (κ1) is 19.4. The minimum absolute atomic E-state index is 0.421. The quantitative estimate of drug-likeness (QED) is 0.389. The van der Waals surface area contributed by atoms with E-state index in [4.69, 9.17) is 16.3 Å². The van der Waals surface area contributed by atoms with E-state index in [0.717, 1.165) is 16.3 Å². The monoisotopic (exact) mass is 395 g/mol. The van der Waals surface area contributed by atoms with Crippen molar-refractivity contribution in [2.24, 2.45) is 5.10 Å². The summed E-state index contributed by atoms with van der Waals surface area (Å²) < 4.78 is 5.64. The van der Waals surface area contributed by atoms with Crippen molar-refractivity contribution in [2.45, 2.75) is 6.92 Å². The predicted molar refractivity (Wildman–Crippen MR) is 111 cm³/mol. The number of hydrogen-bond donors (Lipinski definition) is 2. The second-order valence-corrected chi connectivity index (χ2v) is 6.23. The molecule has 0 aromatic heterocycles. The number of anilines is 1. The van der Waals surface area contributed by atoms with Crippen LogP contribution in [0.1, 0.15) is 12.5 Å². The van der Waals surface area contributed by atoms with E-state index in [1.807, 2.05) is 43.3 Å². The number of halogens is 1. The first-order valence-electron chi connectivity index (χ1n) is 8.63. The Labute approximate surface area is 167 Å². The maximum atomic E-state index is 12.0. The molecular formula is C21H18ClN3O3. The normalized spacial score (nSPS) is 10.8. The van der Waals surface area contributed by atoms with Gasteiger partial charge in [0.05, 0.1) is 12.8 Å². The number of fused-ring (bicyclic) bond motifs is 1. The zero-order chi connectivity index (χ0) is 19.9. The van der Waals surface area contributed by atoms with Crippen molar-refractivity contribution in [3.8, 4) is 5.75 Å². The second-order valence-electron chi connectivity index (χ2n) is 5.80. The number of nitrogens with one attached hydrogen (secondary N) is 2. The number of benzene rings is 3. The number of amides is 2. The minimum Gasteiger partial charge on any atom is -0.493 e. The number of ether oxygens (including phenoxy) is 1. The first-order valence-corrected chi connectivity index (χ1v) is 9.00. The Hall–Kier alpha value is -3.38. The molecule has 0 saturated heterocycles. The SMILES string of the molecule is CCOc1ccc2ccccc2c1/C=N\NC(=O)C(=O)Nc1cccc(Cl)c1. The molecular weight excluding hydrogens is 378 g/mol. The first-order chi connectivity index (χ1) is 13.6. The van der Waals surface area contributed by atoms with Crippen LogP contribution in [0.2, 0.25) is 5.02 Å². The van der Waals surface area contributed by atoms with Gasteiger partial charge in [0.15, 0.2) is 0 Å². The van der Waals surface area contributed by atoms with Crippen molar-refractivity contribution in [3.63, 3.8) is 0 Å². The Bertz CT molecular complexity index is 1050. The smallest absolute Gasteiger partial charge is 0.329 e. The van der Waals surface area contributed by atoms with E-state index in [2.05, 4.69) is 15.8 Å². The Morgan fingerprint density at radius 1 is 1.07 bits per heavy atom. The lowest BCUT2D eigenvalue weighted by Gasteiger charge is -2.10. The summed E-state index contributed by atoms with van der Waals surface area (Å²) in [5.41, 5.74) is 3.37. The number of carbonyl (C=O) groups excluding carboxylic acids is 2. The average molecular weight is 396 g/mol. The molecule has 2 N–H and O–H groups in total. The highest BCUT2D eigenvalue weighted by Gasteiger charge is 2.13. The highest BCUT2D eigenvalue weighted by Crippen LogP contribution is 2.26. The summed E-state index contributed by atoms with van der Waals surface area (Å²) in [6.07, 6.45) is 1.47. The van der Waals surface area contributed by atoms with Crippen molar-refractivity contribution in [1.82, 2.24) is 5.43 Å². The number of hydrazone groups is 1. The summed E-state index contributed by atoms with van der Waals surface area (Å²) in [7, 11) is 0. The summed E-state index contributed by atoms with van der Waals surface area (Å²) >= 11 is 5.86. The third kappa shape index (κ3) is 4.66. The summed E-state index contributed by atoms with van der Waals surface area (Å²) in [6, 6.07) is 18.1. The van der Waals surface area contributed by atoms with E-state index in [9.17, 15) is 9.59 Å². The van der Waals surface area contributed by atoms with Crippen molar-refractivity contribution >= 4 is 46.1 Å². The molecule has 0 aliphatic heterocycles. The molecule has 0 aliphatic rings. The van der Waals surface area contributed by atoms with Gasteiger partial charge in [-0.15, -0.1) is 0 Å². The number of nitrogens with zero attached hydrogens (tertiary/aromatic N) is 1. The van der Waals surface area contributed by atoms with E-state index in [1.54, 1.807) is 24.3 Å². The molecule has 0 bridgehead atoms. The van der Waals surface area contributed by atoms with Gasteiger partial charge < -0.3 is 10.1 Å². The minimum atomic E-state index is -0.894. The van der Waals surface area contributed by atoms with Gasteiger partial charge in [-0.05, 0) is 42.0 Å². The maximum Gasteiger partial charge on any atom is 0.329 e. The Morgan fingerprint density at radius 2 is 1.89 bits per heavy atom. The number of rotatable bonds is 5. The van der Waals surface area contributed by atoms with E-state index in [1.165, 1.54) is 6.21 Å². The topological polar surface area (TPSA) is 79.8 Å². The molecule has 0 heterocycles. The molecule has 6 nitrogen and oxygen atoms in total. The molecule has 0 radical (unpaired) electrons. The fourth-order valence-electron chi connectivity index (χ4n) is 2.65. The standard InChI is InChI=1S/C21H18ClN3O3/c1-2-28-19-11-10-14-6-3-4-9-17(14)18(19)13-23-25-21(27)20(26)24-16-8-5-7-15(22)12-16/h3-13H,2H2,1H3,(H,24,26)(H,25,27)/b23-13-. The van der Waals surface area contributed by atoms with Gasteiger partial charge in [0.1, 0.15) is 5.75 Å². The highest BCUT2D eigenvalue weighted by atomic mass is 35.5. The fraction of sp³-hybridized carbons (Fsp3) is 0.0952. The van der Waals surface area contributed by atoms with E-state index in [0.29, 0.717) is 23.1 Å². The van der Waals surface area contributed by atoms with E-state index < -0.39 is 11.8 Å². The van der Waals surface area contributed by atoms with Crippen LogP contribution in [0, 0.1) is 0 Å². The molecule has 3 aromatic carbocycles. The molecule has 3 rings (SSSR count). The fourth-order valence-corrected chi connectivity index (χ4v) is 2.84. The van der Waals surface area contributed by atoms with Gasteiger partial charge in [0.2, 0.25) is 0 Å². The summed E-state index contributed by atoms with van der Waals surface area (Å²) in [4.78, 5) is 24.0. The number of hydrogen-bond acceptors (Lipinski definition) is 4. The summed E-state index contributed by atoms with van der Waals surface area (Å²) in [6.45, 7) is 2.38. The third-order valence-electron chi connectivity index (χ3n) is 3.88. The van der Waals surface area contributed by atoms with Gasteiger partial charge in [-0.1, -0.05) is 48.0 Å². The Morgan fingerprint density at radius 3 is 2.68 bits per heavy atom. The Kier molecular flexibility index (Phi) is 6.24. The predicted octanol–water partition coefficient (Wildman–Crippen LogP) is 3.98. The molecule has 0 aliphatic carbocycles. The van der Waals surface area contributed by atoms with Gasteiger partial charge in [0, 0.05) is 16.3 Å². The molecule has 0 atom stereocenters. The number of carbonyl (C=O) groups is 2. The molecule has 0 saturated carbocycles. The van der Waals surface area contributed by atoms with Crippen LogP contribution in [0.5, 0.6) is 5.75 Å². The largest absolute Gasteiger partial charge is 0.493 e. The average Bonchev–Trinajstić information content (AvgIpc) is 2.69. The van der Waals surface area contributed by atoms with Crippen LogP contribution < -0.4 is 15.5 Å². The zero-order valence-electron chi connectivity index (χ0n) is 15.1. The van der Waals surface area contributed by atoms with Crippen molar-refractivity contribution in [1.29, 1.82) is 0 Å². The molecule has 2 amide bonds. The molecule has 7 heteroatoms. The Balaban J connectivity index is 1.74. The highest BCUT2D eigenvalue weighted by molar-refractivity contribution is 6.39. The van der Waals surface area contributed by atoms with Crippen LogP contribution >= 0.6 is 11.6 Å². The lowest BCUT2D eigenvalue weighted by molar-refractivity contribution is -0.136. The zero-order valence-corrected chi connectivity index (χ0v) is 15.9. The van der Waals surface area contributed by atoms with Crippen LogP contribution in [0.3, 0.4) is 0 Å². The third-order valence-corrected chi connectivity index (χ3v) is 4.11. The summed E-state index contributed by atoms with van der Waals surface area (Å²) in [5.74, 6) is -1.10. The van der Waals surface area contributed by atoms with Crippen LogP contribution in [0.4, 0.5) is 5.69 Å². The van der Waals surface area contributed by atoms with E-state index in [-0.39, 0.29) is 0 Å². The molecule has 0 unspecified atom stereocenters. The van der Waals surface area contributed by atoms with Gasteiger partial charge in [-0.3, -0.25) is 9.59 Å². The van der Waals surface area contributed by atoms with Crippen LogP contribution in [0.25, 0.3) is 10.8 Å². The van der Waals surface area contributed by atoms with Gasteiger partial charge in [-0.25, -0.2) is 5.43 Å². The lowest BCUT2D eigenvalue weighted by Crippen LogP contribution is -2.32. The lowest BCUT2D eigenvalue weighted by atomic mass is 10.0. The van der Waals surface area contributed by atoms with Crippen LogP contribution in [-0.4, -0.2) is 24.6 Å². The van der Waals surface area contributed by atoms with Gasteiger partial charge in [0.25, 0.3) is 0 Å². The van der Waals surface area contributed by atoms with Gasteiger partial charge >= 0.3 is 11.8 Å². The molecule has 0 fully saturated rings. The van der Waals surface area contributed by atoms with Crippen LogP contribution in [0.15, 0.2) is 65.8 Å². The van der Waals surface area contributed by atoms with Crippen molar-refractivity contribution in [2.75, 3.05) is 11.9 Å². The van der Waals surface area contributed by atoms with Crippen LogP contribution in [-0.2, 0) is 9.59 Å². The maximum absolute atomic E-state index is 12.0. The second kappa shape index (κ2) is 9.01.